The van der Waals surface area contributed by atoms with Crippen LogP contribution in [0.3, 0.4) is 0 Å². The van der Waals surface area contributed by atoms with Crippen LogP contribution in [-0.2, 0) is 9.53 Å². The Balaban J connectivity index is 2.86. The first-order chi connectivity index (χ1) is 7.06. The second-order valence-corrected chi connectivity index (χ2v) is 3.24. The molecule has 1 unspecified atom stereocenters. The number of hydrogen-bond acceptors (Lipinski definition) is 3. The van der Waals surface area contributed by atoms with Gasteiger partial charge in [-0.25, -0.2) is 9.18 Å². The highest BCUT2D eigenvalue weighted by atomic mass is 19.1. The van der Waals surface area contributed by atoms with Crippen molar-refractivity contribution in [2.45, 2.75) is 19.9 Å². The summed E-state index contributed by atoms with van der Waals surface area (Å²) < 4.78 is 17.9. The van der Waals surface area contributed by atoms with Crippen molar-refractivity contribution in [3.8, 4) is 0 Å². The van der Waals surface area contributed by atoms with E-state index in [1.54, 1.807) is 26.0 Å². The van der Waals surface area contributed by atoms with Gasteiger partial charge in [0.1, 0.15) is 11.9 Å². The van der Waals surface area contributed by atoms with Crippen molar-refractivity contribution in [2.75, 3.05) is 6.61 Å². The maximum absolute atomic E-state index is 13.2. The normalized spacial score (nSPS) is 12.3. The van der Waals surface area contributed by atoms with Crippen LogP contribution in [0.2, 0.25) is 0 Å². The highest BCUT2D eigenvalue weighted by molar-refractivity contribution is 5.77. The van der Waals surface area contributed by atoms with Crippen molar-refractivity contribution in [1.29, 1.82) is 0 Å². The Labute approximate surface area is 88.0 Å². The van der Waals surface area contributed by atoms with Crippen LogP contribution in [0.5, 0.6) is 0 Å². The number of aryl methyl sites for hydroxylation is 1. The summed E-state index contributed by atoms with van der Waals surface area (Å²) in [6.45, 7) is 3.61. The van der Waals surface area contributed by atoms with Crippen LogP contribution in [-0.4, -0.2) is 12.6 Å². The Morgan fingerprint density at radius 2 is 2.27 bits per heavy atom. The fourth-order valence-corrected chi connectivity index (χ4v) is 1.17. The van der Waals surface area contributed by atoms with Gasteiger partial charge in [-0.05, 0) is 31.0 Å². The number of ether oxygens (including phenoxy) is 1. The third kappa shape index (κ3) is 2.76. The quantitative estimate of drug-likeness (QED) is 0.774. The van der Waals surface area contributed by atoms with Crippen molar-refractivity contribution in [2.24, 2.45) is 5.73 Å². The molecule has 0 spiro atoms. The SMILES string of the molecule is CCOC(=O)C(N)c1ccc(C)c(F)c1. The van der Waals surface area contributed by atoms with Crippen molar-refractivity contribution in [3.05, 3.63) is 35.1 Å². The Bertz CT molecular complexity index is 366. The Morgan fingerprint density at radius 1 is 1.60 bits per heavy atom. The average molecular weight is 211 g/mol. The minimum Gasteiger partial charge on any atom is -0.465 e. The van der Waals surface area contributed by atoms with Crippen LogP contribution in [0.4, 0.5) is 4.39 Å². The van der Waals surface area contributed by atoms with Gasteiger partial charge in [0, 0.05) is 0 Å². The zero-order valence-corrected chi connectivity index (χ0v) is 8.79. The molecule has 1 atom stereocenters. The van der Waals surface area contributed by atoms with E-state index in [1.807, 2.05) is 0 Å². The Kier molecular flexibility index (Phi) is 3.80. The van der Waals surface area contributed by atoms with Crippen LogP contribution in [0.15, 0.2) is 18.2 Å². The van der Waals surface area contributed by atoms with E-state index in [0.29, 0.717) is 11.1 Å². The van der Waals surface area contributed by atoms with E-state index in [-0.39, 0.29) is 12.4 Å². The summed E-state index contributed by atoms with van der Waals surface area (Å²) in [5.41, 5.74) is 6.55. The maximum Gasteiger partial charge on any atom is 0.327 e. The number of rotatable bonds is 3. The van der Waals surface area contributed by atoms with Gasteiger partial charge in [0.05, 0.1) is 6.61 Å². The summed E-state index contributed by atoms with van der Waals surface area (Å²) in [6.07, 6.45) is 0. The number of carbonyl (C=O) groups is 1. The number of benzene rings is 1. The molecule has 3 nitrogen and oxygen atoms in total. The van der Waals surface area contributed by atoms with E-state index in [4.69, 9.17) is 10.5 Å². The maximum atomic E-state index is 13.2. The smallest absolute Gasteiger partial charge is 0.327 e. The summed E-state index contributed by atoms with van der Waals surface area (Å²) in [5.74, 6) is -0.909. The second-order valence-electron chi connectivity index (χ2n) is 3.24. The molecule has 0 aliphatic heterocycles. The van der Waals surface area contributed by atoms with Gasteiger partial charge in [-0.2, -0.15) is 0 Å². The first kappa shape index (κ1) is 11.7. The third-order valence-corrected chi connectivity index (χ3v) is 2.10. The molecular formula is C11H14FNO2. The fourth-order valence-electron chi connectivity index (χ4n) is 1.17. The van der Waals surface area contributed by atoms with E-state index in [2.05, 4.69) is 0 Å². The first-order valence-electron chi connectivity index (χ1n) is 4.74. The van der Waals surface area contributed by atoms with Crippen molar-refractivity contribution in [3.63, 3.8) is 0 Å². The zero-order chi connectivity index (χ0) is 11.4. The van der Waals surface area contributed by atoms with Crippen LogP contribution < -0.4 is 5.73 Å². The molecule has 0 aliphatic carbocycles. The van der Waals surface area contributed by atoms with E-state index in [9.17, 15) is 9.18 Å². The largest absolute Gasteiger partial charge is 0.465 e. The van der Waals surface area contributed by atoms with Crippen LogP contribution in [0.25, 0.3) is 0 Å². The minimum absolute atomic E-state index is 0.265. The summed E-state index contributed by atoms with van der Waals surface area (Å²) in [5, 5.41) is 0. The molecule has 0 aliphatic rings. The van der Waals surface area contributed by atoms with Gasteiger partial charge in [0.2, 0.25) is 0 Å². The summed E-state index contributed by atoms with van der Waals surface area (Å²) in [7, 11) is 0. The lowest BCUT2D eigenvalue weighted by Crippen LogP contribution is -2.23. The molecule has 1 aromatic carbocycles. The summed E-state index contributed by atoms with van der Waals surface area (Å²) in [6, 6.07) is 3.56. The van der Waals surface area contributed by atoms with Crippen LogP contribution in [0.1, 0.15) is 24.1 Å². The van der Waals surface area contributed by atoms with Gasteiger partial charge in [0.25, 0.3) is 0 Å². The molecule has 0 bridgehead atoms. The lowest BCUT2D eigenvalue weighted by Gasteiger charge is -2.11. The molecule has 2 N–H and O–H groups in total. The highest BCUT2D eigenvalue weighted by Gasteiger charge is 2.17. The molecule has 0 fully saturated rings. The third-order valence-electron chi connectivity index (χ3n) is 2.10. The molecule has 0 saturated heterocycles. The van der Waals surface area contributed by atoms with E-state index in [0.717, 1.165) is 0 Å². The molecule has 0 aromatic heterocycles. The van der Waals surface area contributed by atoms with Gasteiger partial charge >= 0.3 is 5.97 Å². The van der Waals surface area contributed by atoms with Gasteiger partial charge in [0.15, 0.2) is 0 Å². The molecule has 82 valence electrons. The topological polar surface area (TPSA) is 52.3 Å². The van der Waals surface area contributed by atoms with E-state index >= 15 is 0 Å². The van der Waals surface area contributed by atoms with Gasteiger partial charge in [-0.1, -0.05) is 12.1 Å². The summed E-state index contributed by atoms with van der Waals surface area (Å²) in [4.78, 5) is 11.3. The van der Waals surface area contributed by atoms with Crippen molar-refractivity contribution < 1.29 is 13.9 Å². The molecule has 0 heterocycles. The predicted octanol–water partition coefficient (Wildman–Crippen LogP) is 1.70. The Morgan fingerprint density at radius 3 is 2.80 bits per heavy atom. The molecular weight excluding hydrogens is 197 g/mol. The van der Waals surface area contributed by atoms with Crippen molar-refractivity contribution in [1.82, 2.24) is 0 Å². The number of hydrogen-bond donors (Lipinski definition) is 1. The molecule has 0 amide bonds. The average Bonchev–Trinajstić information content (AvgIpc) is 2.21. The van der Waals surface area contributed by atoms with Gasteiger partial charge in [-0.3, -0.25) is 0 Å². The standard InChI is InChI=1S/C11H14FNO2/c1-3-15-11(14)10(13)8-5-4-7(2)9(12)6-8/h4-6,10H,3,13H2,1-2H3. The minimum atomic E-state index is -0.917. The molecule has 0 saturated carbocycles. The Hall–Kier alpha value is -1.42. The number of halogens is 1. The fraction of sp³-hybridized carbons (Fsp3) is 0.364. The molecule has 1 rings (SSSR count). The lowest BCUT2D eigenvalue weighted by atomic mass is 10.1. The summed E-state index contributed by atoms with van der Waals surface area (Å²) >= 11 is 0. The molecule has 1 aromatic rings. The first-order valence-corrected chi connectivity index (χ1v) is 4.74. The highest BCUT2D eigenvalue weighted by Crippen LogP contribution is 2.15. The number of esters is 1. The van der Waals surface area contributed by atoms with E-state index < -0.39 is 12.0 Å². The second kappa shape index (κ2) is 4.89. The molecule has 0 radical (unpaired) electrons. The van der Waals surface area contributed by atoms with Crippen LogP contribution in [0, 0.1) is 12.7 Å². The lowest BCUT2D eigenvalue weighted by molar-refractivity contribution is -0.144. The molecule has 4 heteroatoms. The van der Waals surface area contributed by atoms with Gasteiger partial charge in [-0.15, -0.1) is 0 Å². The van der Waals surface area contributed by atoms with Crippen molar-refractivity contribution >= 4 is 5.97 Å². The van der Waals surface area contributed by atoms with Gasteiger partial charge < -0.3 is 10.5 Å². The number of carbonyl (C=O) groups excluding carboxylic acids is 1. The monoisotopic (exact) mass is 211 g/mol. The predicted molar refractivity (Wildman–Crippen MR) is 54.7 cm³/mol. The van der Waals surface area contributed by atoms with Crippen LogP contribution >= 0.6 is 0 Å². The number of nitrogens with two attached hydrogens (primary N) is 1. The van der Waals surface area contributed by atoms with E-state index in [1.165, 1.54) is 6.07 Å². The molecule has 15 heavy (non-hydrogen) atoms. The zero-order valence-electron chi connectivity index (χ0n) is 8.79.